The molecule has 5 heteroatoms. The molecule has 5 nitrogen and oxygen atoms in total. The molecule has 24 heavy (non-hydrogen) atoms. The summed E-state index contributed by atoms with van der Waals surface area (Å²) in [4.78, 5) is 18.5. The van der Waals surface area contributed by atoms with Gasteiger partial charge in [-0.2, -0.15) is 5.10 Å². The van der Waals surface area contributed by atoms with E-state index in [4.69, 9.17) is 0 Å². The number of aromatic nitrogens is 3. The first kappa shape index (κ1) is 15.9. The van der Waals surface area contributed by atoms with E-state index in [9.17, 15) is 4.79 Å². The fourth-order valence-electron chi connectivity index (χ4n) is 2.46. The lowest BCUT2D eigenvalue weighted by molar-refractivity contribution is 0.0796. The van der Waals surface area contributed by atoms with Crippen molar-refractivity contribution in [3.63, 3.8) is 0 Å². The van der Waals surface area contributed by atoms with Crippen molar-refractivity contribution in [1.82, 2.24) is 19.7 Å². The SMILES string of the molecule is Cc1cnn(-c2ccc(C(=O)N(C)CCc3ccccn3)cc2)c1. The van der Waals surface area contributed by atoms with Gasteiger partial charge in [0, 0.05) is 43.7 Å². The first-order valence-electron chi connectivity index (χ1n) is 7.90. The molecule has 0 spiro atoms. The topological polar surface area (TPSA) is 51.0 Å². The summed E-state index contributed by atoms with van der Waals surface area (Å²) < 4.78 is 1.80. The molecule has 2 heterocycles. The van der Waals surface area contributed by atoms with Crippen LogP contribution in [0, 0.1) is 6.92 Å². The van der Waals surface area contributed by atoms with Gasteiger partial charge in [0.2, 0.25) is 0 Å². The molecule has 0 aliphatic rings. The van der Waals surface area contributed by atoms with Crippen LogP contribution in [0.15, 0.2) is 61.1 Å². The molecule has 0 saturated heterocycles. The van der Waals surface area contributed by atoms with E-state index in [1.807, 2.05) is 68.8 Å². The number of carbonyl (C=O) groups is 1. The fourth-order valence-corrected chi connectivity index (χ4v) is 2.46. The molecule has 122 valence electrons. The van der Waals surface area contributed by atoms with Crippen LogP contribution in [0.3, 0.4) is 0 Å². The lowest BCUT2D eigenvalue weighted by atomic mass is 10.1. The highest BCUT2D eigenvalue weighted by atomic mass is 16.2. The van der Waals surface area contributed by atoms with Crippen LogP contribution in [-0.4, -0.2) is 39.2 Å². The monoisotopic (exact) mass is 320 g/mol. The van der Waals surface area contributed by atoms with Gasteiger partial charge in [-0.3, -0.25) is 9.78 Å². The Labute approximate surface area is 141 Å². The van der Waals surface area contributed by atoms with Crippen LogP contribution in [0.1, 0.15) is 21.6 Å². The van der Waals surface area contributed by atoms with Gasteiger partial charge in [0.25, 0.3) is 5.91 Å². The van der Waals surface area contributed by atoms with Crippen LogP contribution < -0.4 is 0 Å². The maximum atomic E-state index is 12.5. The van der Waals surface area contributed by atoms with Crippen LogP contribution in [0.2, 0.25) is 0 Å². The summed E-state index contributed by atoms with van der Waals surface area (Å²) in [5, 5.41) is 4.27. The molecule has 0 aliphatic heterocycles. The Morgan fingerprint density at radius 1 is 1.17 bits per heavy atom. The number of amides is 1. The largest absolute Gasteiger partial charge is 0.341 e. The number of aryl methyl sites for hydroxylation is 1. The normalized spacial score (nSPS) is 10.6. The van der Waals surface area contributed by atoms with Crippen LogP contribution in [0.25, 0.3) is 5.69 Å². The number of benzene rings is 1. The predicted octanol–water partition coefficient (Wildman–Crippen LogP) is 2.89. The second kappa shape index (κ2) is 7.08. The van der Waals surface area contributed by atoms with Gasteiger partial charge in [-0.05, 0) is 48.9 Å². The molecule has 0 fully saturated rings. The minimum atomic E-state index is 0.00845. The van der Waals surface area contributed by atoms with E-state index in [1.165, 1.54) is 0 Å². The molecule has 0 bridgehead atoms. The summed E-state index contributed by atoms with van der Waals surface area (Å²) in [5.41, 5.74) is 3.70. The van der Waals surface area contributed by atoms with Crippen molar-refractivity contribution in [3.8, 4) is 5.69 Å². The molecule has 0 saturated carbocycles. The summed E-state index contributed by atoms with van der Waals surface area (Å²) in [6.07, 6.45) is 6.28. The minimum absolute atomic E-state index is 0.00845. The Kier molecular flexibility index (Phi) is 4.70. The molecule has 0 radical (unpaired) electrons. The lowest BCUT2D eigenvalue weighted by Gasteiger charge is -2.17. The van der Waals surface area contributed by atoms with Crippen molar-refractivity contribution in [2.45, 2.75) is 13.3 Å². The Hall–Kier alpha value is -2.95. The molecule has 3 rings (SSSR count). The summed E-state index contributed by atoms with van der Waals surface area (Å²) >= 11 is 0. The highest BCUT2D eigenvalue weighted by molar-refractivity contribution is 5.94. The molecular weight excluding hydrogens is 300 g/mol. The molecule has 1 aromatic carbocycles. The third kappa shape index (κ3) is 3.68. The zero-order chi connectivity index (χ0) is 16.9. The maximum Gasteiger partial charge on any atom is 0.253 e. The number of nitrogens with zero attached hydrogens (tertiary/aromatic N) is 4. The molecule has 0 aliphatic carbocycles. The number of hydrogen-bond donors (Lipinski definition) is 0. The summed E-state index contributed by atoms with van der Waals surface area (Å²) in [7, 11) is 1.82. The van der Waals surface area contributed by atoms with Gasteiger partial charge in [-0.1, -0.05) is 6.07 Å². The van der Waals surface area contributed by atoms with Crippen molar-refractivity contribution >= 4 is 5.91 Å². The third-order valence-corrected chi connectivity index (χ3v) is 3.87. The zero-order valence-electron chi connectivity index (χ0n) is 13.9. The highest BCUT2D eigenvalue weighted by Gasteiger charge is 2.12. The first-order valence-corrected chi connectivity index (χ1v) is 7.90. The molecule has 3 aromatic rings. The number of rotatable bonds is 5. The van der Waals surface area contributed by atoms with Crippen LogP contribution in [-0.2, 0) is 6.42 Å². The Morgan fingerprint density at radius 2 is 1.96 bits per heavy atom. The summed E-state index contributed by atoms with van der Waals surface area (Å²) in [5.74, 6) is 0.00845. The van der Waals surface area contributed by atoms with Crippen LogP contribution >= 0.6 is 0 Å². The van der Waals surface area contributed by atoms with Crippen molar-refractivity contribution in [2.24, 2.45) is 0 Å². The van der Waals surface area contributed by atoms with Gasteiger partial charge < -0.3 is 4.90 Å². The number of carbonyl (C=O) groups excluding carboxylic acids is 1. The average molecular weight is 320 g/mol. The molecule has 2 aromatic heterocycles. The third-order valence-electron chi connectivity index (χ3n) is 3.87. The van der Waals surface area contributed by atoms with Crippen LogP contribution in [0.4, 0.5) is 0 Å². The minimum Gasteiger partial charge on any atom is -0.341 e. The quantitative estimate of drug-likeness (QED) is 0.726. The van der Waals surface area contributed by atoms with Gasteiger partial charge >= 0.3 is 0 Å². The number of hydrogen-bond acceptors (Lipinski definition) is 3. The van der Waals surface area contributed by atoms with Gasteiger partial charge in [0.1, 0.15) is 0 Å². The number of likely N-dealkylation sites (N-methyl/N-ethyl adjacent to an activating group) is 1. The van der Waals surface area contributed by atoms with E-state index in [0.717, 1.165) is 23.4 Å². The van der Waals surface area contributed by atoms with Crippen molar-refractivity contribution < 1.29 is 4.79 Å². The lowest BCUT2D eigenvalue weighted by Crippen LogP contribution is -2.29. The van der Waals surface area contributed by atoms with E-state index >= 15 is 0 Å². The smallest absolute Gasteiger partial charge is 0.253 e. The molecule has 1 amide bonds. The van der Waals surface area contributed by atoms with Crippen molar-refractivity contribution in [3.05, 3.63) is 77.9 Å². The summed E-state index contributed by atoms with van der Waals surface area (Å²) in [6.45, 7) is 2.63. The van der Waals surface area contributed by atoms with Gasteiger partial charge in [-0.15, -0.1) is 0 Å². The average Bonchev–Trinajstić information content (AvgIpc) is 3.06. The van der Waals surface area contributed by atoms with Gasteiger partial charge in [0.15, 0.2) is 0 Å². The van der Waals surface area contributed by atoms with Gasteiger partial charge in [-0.25, -0.2) is 4.68 Å². The standard InChI is InChI=1S/C19H20N4O/c1-15-13-21-23(14-15)18-8-6-16(7-9-18)19(24)22(2)12-10-17-5-3-4-11-20-17/h3-9,11,13-14H,10,12H2,1-2H3. The molecule has 0 unspecified atom stereocenters. The Bertz CT molecular complexity index is 809. The summed E-state index contributed by atoms with van der Waals surface area (Å²) in [6, 6.07) is 13.3. The molecular formula is C19H20N4O. The fraction of sp³-hybridized carbons (Fsp3) is 0.211. The van der Waals surface area contributed by atoms with Crippen molar-refractivity contribution in [1.29, 1.82) is 0 Å². The molecule has 0 atom stereocenters. The second-order valence-electron chi connectivity index (χ2n) is 5.81. The first-order chi connectivity index (χ1) is 11.6. The second-order valence-corrected chi connectivity index (χ2v) is 5.81. The van der Waals surface area contributed by atoms with Gasteiger partial charge in [0.05, 0.1) is 11.9 Å². The predicted molar refractivity (Wildman–Crippen MR) is 93.2 cm³/mol. The Balaban J connectivity index is 1.64. The zero-order valence-corrected chi connectivity index (χ0v) is 13.9. The Morgan fingerprint density at radius 3 is 2.58 bits per heavy atom. The van der Waals surface area contributed by atoms with E-state index in [-0.39, 0.29) is 5.91 Å². The number of pyridine rings is 1. The highest BCUT2D eigenvalue weighted by Crippen LogP contribution is 2.11. The van der Waals surface area contributed by atoms with Crippen molar-refractivity contribution in [2.75, 3.05) is 13.6 Å². The van der Waals surface area contributed by atoms with Crippen LogP contribution in [0.5, 0.6) is 0 Å². The maximum absolute atomic E-state index is 12.5. The van der Waals surface area contributed by atoms with E-state index in [0.29, 0.717) is 12.1 Å². The molecule has 0 N–H and O–H groups in total. The van der Waals surface area contributed by atoms with E-state index < -0.39 is 0 Å². The van der Waals surface area contributed by atoms with E-state index in [2.05, 4.69) is 10.1 Å². The van der Waals surface area contributed by atoms with E-state index in [1.54, 1.807) is 15.8 Å².